The van der Waals surface area contributed by atoms with Gasteiger partial charge in [-0.3, -0.25) is 4.90 Å². The molecule has 106 valence electrons. The summed E-state index contributed by atoms with van der Waals surface area (Å²) in [4.78, 5) is 11.1. The molecule has 2 atom stereocenters. The van der Waals surface area contributed by atoms with Crippen LogP contribution in [0.4, 0.5) is 5.13 Å². The summed E-state index contributed by atoms with van der Waals surface area (Å²) in [6, 6.07) is 0.874. The normalized spacial score (nSPS) is 26.8. The summed E-state index contributed by atoms with van der Waals surface area (Å²) in [5.74, 6) is 0.996. The first kappa shape index (κ1) is 13.4. The van der Waals surface area contributed by atoms with Gasteiger partial charge in [-0.15, -0.1) is 11.3 Å². The molecule has 0 aromatic carbocycles. The van der Waals surface area contributed by atoms with Crippen molar-refractivity contribution in [2.24, 2.45) is 5.92 Å². The third kappa shape index (κ3) is 2.65. The van der Waals surface area contributed by atoms with E-state index in [4.69, 9.17) is 0 Å². The molecular formula is C15H25N3S. The molecule has 1 saturated heterocycles. The number of nitrogens with zero attached hydrogens (tertiary/aromatic N) is 3. The lowest BCUT2D eigenvalue weighted by atomic mass is 10.1. The van der Waals surface area contributed by atoms with E-state index in [1.807, 2.05) is 11.3 Å². The average Bonchev–Trinajstić information content (AvgIpc) is 3.10. The van der Waals surface area contributed by atoms with Crippen LogP contribution in [0.25, 0.3) is 0 Å². The third-order valence-corrected chi connectivity index (χ3v) is 5.85. The third-order valence-electron chi connectivity index (χ3n) is 4.81. The zero-order valence-electron chi connectivity index (χ0n) is 12.1. The molecule has 0 bridgehead atoms. The Morgan fingerprint density at radius 3 is 2.95 bits per heavy atom. The number of rotatable bonds is 5. The number of anilines is 1. The molecule has 3 rings (SSSR count). The molecule has 2 fully saturated rings. The lowest BCUT2D eigenvalue weighted by Crippen LogP contribution is -2.29. The average molecular weight is 279 g/mol. The van der Waals surface area contributed by atoms with Gasteiger partial charge in [-0.05, 0) is 45.6 Å². The van der Waals surface area contributed by atoms with Gasteiger partial charge in [-0.25, -0.2) is 4.98 Å². The van der Waals surface area contributed by atoms with E-state index in [-0.39, 0.29) is 0 Å². The van der Waals surface area contributed by atoms with Crippen molar-refractivity contribution in [1.82, 2.24) is 9.88 Å². The van der Waals surface area contributed by atoms with E-state index in [2.05, 4.69) is 34.8 Å². The summed E-state index contributed by atoms with van der Waals surface area (Å²) in [7, 11) is 0. The van der Waals surface area contributed by atoms with Crippen LogP contribution in [0, 0.1) is 5.92 Å². The monoisotopic (exact) mass is 279 g/mol. The van der Waals surface area contributed by atoms with Crippen molar-refractivity contribution >= 4 is 16.5 Å². The number of likely N-dealkylation sites (tertiary alicyclic amines) is 1. The quantitative estimate of drug-likeness (QED) is 0.824. The Balaban J connectivity index is 1.64. The fourth-order valence-electron chi connectivity index (χ4n) is 3.74. The maximum atomic E-state index is 4.60. The van der Waals surface area contributed by atoms with Crippen molar-refractivity contribution in [1.29, 1.82) is 0 Å². The molecule has 1 aliphatic heterocycles. The second-order valence-electron chi connectivity index (χ2n) is 5.80. The Labute approximate surface area is 120 Å². The molecule has 4 heteroatoms. The summed E-state index contributed by atoms with van der Waals surface area (Å²) in [6.45, 7) is 8.94. The predicted octanol–water partition coefficient (Wildman–Crippen LogP) is 3.36. The molecule has 0 spiro atoms. The summed E-state index contributed by atoms with van der Waals surface area (Å²) in [5.41, 5.74) is 0. The van der Waals surface area contributed by atoms with E-state index in [1.165, 1.54) is 42.2 Å². The maximum absolute atomic E-state index is 4.60. The summed E-state index contributed by atoms with van der Waals surface area (Å²) < 4.78 is 0. The van der Waals surface area contributed by atoms with E-state index >= 15 is 0 Å². The van der Waals surface area contributed by atoms with Crippen LogP contribution < -0.4 is 4.90 Å². The minimum atomic E-state index is 0.874. The van der Waals surface area contributed by atoms with Gasteiger partial charge in [0, 0.05) is 36.8 Å². The van der Waals surface area contributed by atoms with Crippen LogP contribution in [0.3, 0.4) is 0 Å². The van der Waals surface area contributed by atoms with Gasteiger partial charge in [0.05, 0.1) is 0 Å². The zero-order chi connectivity index (χ0) is 13.2. The van der Waals surface area contributed by atoms with Crippen LogP contribution in [0.5, 0.6) is 0 Å². The van der Waals surface area contributed by atoms with Crippen molar-refractivity contribution in [2.75, 3.05) is 24.5 Å². The van der Waals surface area contributed by atoms with Crippen LogP contribution in [0.2, 0.25) is 0 Å². The molecule has 2 aliphatic rings. The second-order valence-corrected chi connectivity index (χ2v) is 6.89. The van der Waals surface area contributed by atoms with E-state index in [9.17, 15) is 0 Å². The summed E-state index contributed by atoms with van der Waals surface area (Å²) >= 11 is 1.88. The molecule has 0 amide bonds. The summed E-state index contributed by atoms with van der Waals surface area (Å²) in [6.07, 6.45) is 7.85. The minimum absolute atomic E-state index is 0.874. The Kier molecular flexibility index (Phi) is 4.08. The van der Waals surface area contributed by atoms with Crippen LogP contribution in [0.15, 0.2) is 6.20 Å². The molecule has 1 aromatic heterocycles. The first-order chi connectivity index (χ1) is 9.31. The maximum Gasteiger partial charge on any atom is 0.185 e. The van der Waals surface area contributed by atoms with E-state index < -0.39 is 0 Å². The minimum Gasteiger partial charge on any atom is -0.349 e. The number of hydrogen-bond donors (Lipinski definition) is 0. The van der Waals surface area contributed by atoms with E-state index in [0.717, 1.165) is 31.6 Å². The van der Waals surface area contributed by atoms with Gasteiger partial charge in [0.2, 0.25) is 0 Å². The van der Waals surface area contributed by atoms with Crippen LogP contribution in [0.1, 0.15) is 44.4 Å². The molecule has 1 saturated carbocycles. The first-order valence-electron chi connectivity index (χ1n) is 7.75. The second kappa shape index (κ2) is 5.80. The smallest absolute Gasteiger partial charge is 0.185 e. The topological polar surface area (TPSA) is 19.4 Å². The van der Waals surface area contributed by atoms with Crippen LogP contribution >= 0.6 is 11.3 Å². The number of fused-ring (bicyclic) bond motifs is 1. The highest BCUT2D eigenvalue weighted by molar-refractivity contribution is 7.15. The molecule has 2 heterocycles. The van der Waals surface area contributed by atoms with Crippen molar-refractivity contribution < 1.29 is 0 Å². The van der Waals surface area contributed by atoms with Crippen LogP contribution in [-0.4, -0.2) is 35.6 Å². The van der Waals surface area contributed by atoms with E-state index in [0.29, 0.717) is 0 Å². The molecular weight excluding hydrogens is 254 g/mol. The Morgan fingerprint density at radius 1 is 1.32 bits per heavy atom. The Morgan fingerprint density at radius 2 is 2.16 bits per heavy atom. The predicted molar refractivity (Wildman–Crippen MR) is 81.8 cm³/mol. The van der Waals surface area contributed by atoms with Crippen molar-refractivity contribution in [3.05, 3.63) is 11.1 Å². The zero-order valence-corrected chi connectivity index (χ0v) is 13.0. The highest BCUT2D eigenvalue weighted by Gasteiger charge is 2.37. The molecule has 0 N–H and O–H groups in total. The lowest BCUT2D eigenvalue weighted by Gasteiger charge is -2.22. The van der Waals surface area contributed by atoms with Crippen LogP contribution in [-0.2, 0) is 6.54 Å². The number of aromatic nitrogens is 1. The van der Waals surface area contributed by atoms with Gasteiger partial charge in [0.15, 0.2) is 5.13 Å². The largest absolute Gasteiger partial charge is 0.349 e. The fourth-order valence-corrected chi connectivity index (χ4v) is 4.80. The molecule has 3 nitrogen and oxygen atoms in total. The van der Waals surface area contributed by atoms with E-state index in [1.54, 1.807) is 0 Å². The lowest BCUT2D eigenvalue weighted by molar-refractivity contribution is 0.235. The van der Waals surface area contributed by atoms with Gasteiger partial charge >= 0.3 is 0 Å². The Bertz CT molecular complexity index is 413. The number of hydrogen-bond acceptors (Lipinski definition) is 4. The molecule has 1 aliphatic carbocycles. The van der Waals surface area contributed by atoms with Crippen molar-refractivity contribution in [3.63, 3.8) is 0 Å². The van der Waals surface area contributed by atoms with Gasteiger partial charge in [0.1, 0.15) is 0 Å². The molecule has 0 unspecified atom stereocenters. The van der Waals surface area contributed by atoms with Gasteiger partial charge in [0.25, 0.3) is 0 Å². The van der Waals surface area contributed by atoms with Gasteiger partial charge in [-0.1, -0.05) is 6.42 Å². The highest BCUT2D eigenvalue weighted by atomic mass is 32.1. The molecule has 1 aromatic rings. The molecule has 0 radical (unpaired) electrons. The highest BCUT2D eigenvalue weighted by Crippen LogP contribution is 2.39. The van der Waals surface area contributed by atoms with Gasteiger partial charge < -0.3 is 4.90 Å². The SMILES string of the molecule is CCN(CC)c1ncc(CN2CC[C@H]3CCC[C@H]32)s1. The number of thiazole rings is 1. The van der Waals surface area contributed by atoms with Gasteiger partial charge in [-0.2, -0.15) is 0 Å². The Hall–Kier alpha value is -0.610. The summed E-state index contributed by atoms with van der Waals surface area (Å²) in [5, 5.41) is 1.20. The molecule has 19 heavy (non-hydrogen) atoms. The van der Waals surface area contributed by atoms with Crippen molar-refractivity contribution in [3.8, 4) is 0 Å². The fraction of sp³-hybridized carbons (Fsp3) is 0.800. The van der Waals surface area contributed by atoms with Crippen molar-refractivity contribution in [2.45, 2.75) is 52.1 Å². The standard InChI is InChI=1S/C15H25N3S/c1-3-17(4-2)15-16-10-13(19-15)11-18-9-8-12-6-5-7-14(12)18/h10,12,14H,3-9,11H2,1-2H3/t12-,14-/m1/s1. The first-order valence-corrected chi connectivity index (χ1v) is 8.57.